The first kappa shape index (κ1) is 13.4. The fraction of sp³-hybridized carbons (Fsp3) is 0.0667. The number of hydrogen-bond donors (Lipinski definition) is 2. The summed E-state index contributed by atoms with van der Waals surface area (Å²) in [7, 11) is 0. The van der Waals surface area contributed by atoms with Crippen LogP contribution in [0, 0.1) is 12.3 Å². The zero-order chi connectivity index (χ0) is 14.7. The van der Waals surface area contributed by atoms with Crippen LogP contribution >= 0.6 is 0 Å². The highest BCUT2D eigenvalue weighted by molar-refractivity contribution is 6.12. The van der Waals surface area contributed by atoms with Crippen LogP contribution in [0.5, 0.6) is 5.75 Å². The van der Waals surface area contributed by atoms with Crippen LogP contribution in [-0.2, 0) is 0 Å². The van der Waals surface area contributed by atoms with Gasteiger partial charge < -0.3 is 14.9 Å². The lowest BCUT2D eigenvalue weighted by atomic mass is 9.99. The molecule has 2 aromatic rings. The van der Waals surface area contributed by atoms with Gasteiger partial charge in [-0.15, -0.1) is 6.42 Å². The van der Waals surface area contributed by atoms with E-state index in [9.17, 15) is 14.7 Å². The minimum absolute atomic E-state index is 0.0103. The molecule has 0 fully saturated rings. The summed E-state index contributed by atoms with van der Waals surface area (Å²) in [5.41, 5.74) is -0.0196. The largest absolute Gasteiger partial charge is 0.480 e. The van der Waals surface area contributed by atoms with Gasteiger partial charge in [-0.25, -0.2) is 9.59 Å². The van der Waals surface area contributed by atoms with E-state index >= 15 is 0 Å². The molecule has 0 atom stereocenters. The molecular weight excluding hydrogens is 260 g/mol. The summed E-state index contributed by atoms with van der Waals surface area (Å²) >= 11 is 0. The summed E-state index contributed by atoms with van der Waals surface area (Å²) in [6.45, 7) is -0.0323. The molecule has 2 aromatic carbocycles. The summed E-state index contributed by atoms with van der Waals surface area (Å²) in [4.78, 5) is 22.5. The predicted molar refractivity (Wildman–Crippen MR) is 72.2 cm³/mol. The molecule has 0 aromatic heterocycles. The molecule has 5 nitrogen and oxygen atoms in total. The zero-order valence-electron chi connectivity index (χ0n) is 10.3. The fourth-order valence-electron chi connectivity index (χ4n) is 1.98. The average Bonchev–Trinajstić information content (AvgIpc) is 2.43. The van der Waals surface area contributed by atoms with Gasteiger partial charge in [0.25, 0.3) is 0 Å². The first-order chi connectivity index (χ1) is 9.56. The van der Waals surface area contributed by atoms with Crippen molar-refractivity contribution in [1.29, 1.82) is 0 Å². The Morgan fingerprint density at radius 2 is 1.80 bits per heavy atom. The summed E-state index contributed by atoms with van der Waals surface area (Å²) < 4.78 is 5.30. The van der Waals surface area contributed by atoms with Crippen LogP contribution in [0.25, 0.3) is 10.8 Å². The third-order valence-corrected chi connectivity index (χ3v) is 2.77. The van der Waals surface area contributed by atoms with Gasteiger partial charge in [-0.05, 0) is 18.2 Å². The van der Waals surface area contributed by atoms with Gasteiger partial charge >= 0.3 is 11.9 Å². The molecule has 0 saturated carbocycles. The second-order valence-electron chi connectivity index (χ2n) is 3.94. The van der Waals surface area contributed by atoms with Crippen molar-refractivity contribution in [1.82, 2.24) is 0 Å². The molecule has 0 saturated heterocycles. The zero-order valence-corrected chi connectivity index (χ0v) is 10.3. The van der Waals surface area contributed by atoms with Crippen LogP contribution in [0.15, 0.2) is 30.3 Å². The van der Waals surface area contributed by atoms with Crippen molar-refractivity contribution in [2.75, 3.05) is 6.61 Å². The third kappa shape index (κ3) is 2.27. The van der Waals surface area contributed by atoms with E-state index in [0.717, 1.165) is 0 Å². The molecule has 0 radical (unpaired) electrons. The van der Waals surface area contributed by atoms with Gasteiger partial charge in [-0.3, -0.25) is 0 Å². The molecule has 0 aliphatic carbocycles. The fourth-order valence-corrected chi connectivity index (χ4v) is 1.98. The van der Waals surface area contributed by atoms with Crippen molar-refractivity contribution in [2.24, 2.45) is 0 Å². The topological polar surface area (TPSA) is 83.8 Å². The van der Waals surface area contributed by atoms with Crippen LogP contribution in [0.1, 0.15) is 20.7 Å². The highest BCUT2D eigenvalue weighted by Gasteiger charge is 2.17. The SMILES string of the molecule is C#CCOc1ccc(C(=O)O)c2cccc(C(=O)O)c12. The maximum Gasteiger partial charge on any atom is 0.336 e. The van der Waals surface area contributed by atoms with E-state index in [4.69, 9.17) is 16.3 Å². The molecular formula is C15H10O5. The van der Waals surface area contributed by atoms with E-state index in [2.05, 4.69) is 5.92 Å². The quantitative estimate of drug-likeness (QED) is 0.832. The van der Waals surface area contributed by atoms with E-state index in [1.54, 1.807) is 0 Å². The van der Waals surface area contributed by atoms with Gasteiger partial charge in [0.15, 0.2) is 0 Å². The molecule has 0 aliphatic heterocycles. The van der Waals surface area contributed by atoms with Crippen molar-refractivity contribution in [3.63, 3.8) is 0 Å². The molecule has 100 valence electrons. The number of benzene rings is 2. The van der Waals surface area contributed by atoms with E-state index in [0.29, 0.717) is 5.39 Å². The molecule has 2 N–H and O–H groups in total. The van der Waals surface area contributed by atoms with Crippen molar-refractivity contribution in [3.05, 3.63) is 41.5 Å². The standard InChI is InChI=1S/C15H10O5/c1-2-8-20-12-7-6-10(14(16)17)9-4-3-5-11(13(9)12)15(18)19/h1,3-7H,8H2,(H,16,17)(H,18,19). The minimum Gasteiger partial charge on any atom is -0.480 e. The third-order valence-electron chi connectivity index (χ3n) is 2.77. The Hall–Kier alpha value is -3.00. The summed E-state index contributed by atoms with van der Waals surface area (Å²) in [5, 5.41) is 18.9. The Labute approximate surface area is 114 Å². The minimum atomic E-state index is -1.16. The van der Waals surface area contributed by atoms with Crippen LogP contribution in [0.2, 0.25) is 0 Å². The predicted octanol–water partition coefficient (Wildman–Crippen LogP) is 2.25. The summed E-state index contributed by atoms with van der Waals surface area (Å²) in [6, 6.07) is 7.19. The monoisotopic (exact) mass is 270 g/mol. The van der Waals surface area contributed by atoms with Gasteiger partial charge in [-0.1, -0.05) is 18.1 Å². The molecule has 0 unspecified atom stereocenters. The molecule has 20 heavy (non-hydrogen) atoms. The van der Waals surface area contributed by atoms with E-state index < -0.39 is 11.9 Å². The van der Waals surface area contributed by atoms with Crippen molar-refractivity contribution >= 4 is 22.7 Å². The molecule has 0 aliphatic rings. The lowest BCUT2D eigenvalue weighted by Crippen LogP contribution is -2.04. The number of ether oxygens (including phenoxy) is 1. The lowest BCUT2D eigenvalue weighted by molar-refractivity contribution is 0.0686. The number of carboxylic acid groups (broad SMARTS) is 2. The first-order valence-electron chi connectivity index (χ1n) is 5.65. The maximum absolute atomic E-state index is 11.3. The van der Waals surface area contributed by atoms with Gasteiger partial charge in [0.1, 0.15) is 12.4 Å². The van der Waals surface area contributed by atoms with Crippen LogP contribution < -0.4 is 4.74 Å². The number of aromatic carboxylic acids is 2. The second kappa shape index (κ2) is 5.33. The van der Waals surface area contributed by atoms with E-state index in [1.165, 1.54) is 30.3 Å². The molecule has 5 heteroatoms. The summed E-state index contributed by atoms with van der Waals surface area (Å²) in [6.07, 6.45) is 5.11. The van der Waals surface area contributed by atoms with Crippen LogP contribution in [0.3, 0.4) is 0 Å². The van der Waals surface area contributed by atoms with Crippen molar-refractivity contribution in [3.8, 4) is 18.1 Å². The number of terminal acetylenes is 1. The normalized spacial score (nSPS) is 9.95. The first-order valence-corrected chi connectivity index (χ1v) is 5.65. The average molecular weight is 270 g/mol. The molecule has 0 spiro atoms. The Balaban J connectivity index is 2.82. The highest BCUT2D eigenvalue weighted by Crippen LogP contribution is 2.32. The molecule has 0 amide bonds. The Morgan fingerprint density at radius 3 is 2.40 bits per heavy atom. The van der Waals surface area contributed by atoms with Crippen molar-refractivity contribution < 1.29 is 24.5 Å². The number of hydrogen-bond acceptors (Lipinski definition) is 3. The Kier molecular flexibility index (Phi) is 3.58. The molecule has 0 heterocycles. The Bertz CT molecular complexity index is 740. The number of rotatable bonds is 4. The van der Waals surface area contributed by atoms with E-state index in [1.807, 2.05) is 0 Å². The Morgan fingerprint density at radius 1 is 1.10 bits per heavy atom. The lowest BCUT2D eigenvalue weighted by Gasteiger charge is -2.11. The summed E-state index contributed by atoms with van der Waals surface area (Å²) in [5.74, 6) is 0.231. The van der Waals surface area contributed by atoms with Crippen molar-refractivity contribution in [2.45, 2.75) is 0 Å². The highest BCUT2D eigenvalue weighted by atomic mass is 16.5. The number of carbonyl (C=O) groups is 2. The van der Waals surface area contributed by atoms with Gasteiger partial charge in [0.2, 0.25) is 0 Å². The van der Waals surface area contributed by atoms with E-state index in [-0.39, 0.29) is 28.9 Å². The van der Waals surface area contributed by atoms with Crippen LogP contribution in [0.4, 0.5) is 0 Å². The van der Waals surface area contributed by atoms with Gasteiger partial charge in [0.05, 0.1) is 11.1 Å². The second-order valence-corrected chi connectivity index (χ2v) is 3.94. The number of carboxylic acids is 2. The van der Waals surface area contributed by atoms with Gasteiger partial charge in [0, 0.05) is 10.8 Å². The smallest absolute Gasteiger partial charge is 0.336 e. The molecule has 2 rings (SSSR count). The molecule has 0 bridgehead atoms. The van der Waals surface area contributed by atoms with Gasteiger partial charge in [-0.2, -0.15) is 0 Å². The van der Waals surface area contributed by atoms with Crippen LogP contribution in [-0.4, -0.2) is 28.8 Å². The number of fused-ring (bicyclic) bond motifs is 1. The maximum atomic E-state index is 11.3.